The van der Waals surface area contributed by atoms with E-state index in [0.29, 0.717) is 12.4 Å². The number of nitrogens with zero attached hydrogens (tertiary/aromatic N) is 5. The maximum absolute atomic E-state index is 12.5. The van der Waals surface area contributed by atoms with Gasteiger partial charge < -0.3 is 4.98 Å². The van der Waals surface area contributed by atoms with Crippen molar-refractivity contribution in [2.45, 2.75) is 38.8 Å². The lowest BCUT2D eigenvalue weighted by Crippen LogP contribution is -2.36. The molecule has 4 rings (SSSR count). The van der Waals surface area contributed by atoms with Crippen LogP contribution in [0.15, 0.2) is 22.2 Å². The first-order valence-electron chi connectivity index (χ1n) is 8.55. The van der Waals surface area contributed by atoms with Crippen LogP contribution >= 0.6 is 0 Å². The van der Waals surface area contributed by atoms with Gasteiger partial charge in [-0.1, -0.05) is 0 Å². The van der Waals surface area contributed by atoms with Gasteiger partial charge in [0, 0.05) is 51.4 Å². The van der Waals surface area contributed by atoms with Gasteiger partial charge in [0.2, 0.25) is 0 Å². The number of aliphatic imine (C=N–C) groups is 1. The van der Waals surface area contributed by atoms with Gasteiger partial charge in [-0.2, -0.15) is 5.10 Å². The molecule has 0 saturated carbocycles. The van der Waals surface area contributed by atoms with Gasteiger partial charge in [0.1, 0.15) is 0 Å². The molecule has 0 radical (unpaired) electrons. The molecule has 0 fully saturated rings. The van der Waals surface area contributed by atoms with E-state index in [2.05, 4.69) is 20.0 Å². The molecule has 126 valence electrons. The van der Waals surface area contributed by atoms with Crippen molar-refractivity contribution in [3.63, 3.8) is 0 Å². The van der Waals surface area contributed by atoms with Crippen LogP contribution in [0.4, 0.5) is 0 Å². The highest BCUT2D eigenvalue weighted by Crippen LogP contribution is 2.17. The lowest BCUT2D eigenvalue weighted by atomic mass is 10.0. The highest BCUT2D eigenvalue weighted by Gasteiger charge is 2.22. The molecular formula is C17H22N6O. The molecule has 2 aromatic heterocycles. The summed E-state index contributed by atoms with van der Waals surface area (Å²) >= 11 is 0. The van der Waals surface area contributed by atoms with Crippen molar-refractivity contribution in [1.29, 1.82) is 0 Å². The summed E-state index contributed by atoms with van der Waals surface area (Å²) in [6, 6.07) is 0. The van der Waals surface area contributed by atoms with E-state index in [0.717, 1.165) is 62.3 Å². The normalized spacial score (nSPS) is 18.3. The van der Waals surface area contributed by atoms with E-state index in [1.165, 1.54) is 5.56 Å². The van der Waals surface area contributed by atoms with Crippen LogP contribution in [0.5, 0.6) is 0 Å². The Balaban J connectivity index is 1.56. The Hall–Kier alpha value is -2.28. The van der Waals surface area contributed by atoms with Crippen LogP contribution in [-0.4, -0.2) is 43.4 Å². The predicted octanol–water partition coefficient (Wildman–Crippen LogP) is 1.03. The minimum atomic E-state index is -0.0147. The number of aromatic nitrogens is 4. The molecule has 24 heavy (non-hydrogen) atoms. The molecule has 1 N–H and O–H groups in total. The van der Waals surface area contributed by atoms with Crippen molar-refractivity contribution in [3.8, 4) is 0 Å². The smallest absolute Gasteiger partial charge is 0.255 e. The number of H-pyrrole nitrogens is 1. The number of fused-ring (bicyclic) bond motifs is 1. The summed E-state index contributed by atoms with van der Waals surface area (Å²) in [6.45, 7) is 3.19. The molecule has 4 heterocycles. The molecule has 0 bridgehead atoms. The molecule has 0 unspecified atom stereocenters. The second-order valence-corrected chi connectivity index (χ2v) is 6.61. The van der Waals surface area contributed by atoms with Crippen LogP contribution in [0, 0.1) is 0 Å². The zero-order chi connectivity index (χ0) is 16.5. The number of rotatable bonds is 3. The third kappa shape index (κ3) is 3.03. The minimum Gasteiger partial charge on any atom is -0.305 e. The second-order valence-electron chi connectivity index (χ2n) is 6.61. The summed E-state index contributed by atoms with van der Waals surface area (Å²) in [7, 11) is 1.92. The van der Waals surface area contributed by atoms with Crippen molar-refractivity contribution in [3.05, 3.63) is 45.4 Å². The van der Waals surface area contributed by atoms with E-state index in [1.807, 2.05) is 19.4 Å². The van der Waals surface area contributed by atoms with Crippen LogP contribution in [0.1, 0.15) is 41.9 Å². The Morgan fingerprint density at radius 3 is 2.96 bits per heavy atom. The predicted molar refractivity (Wildman–Crippen MR) is 91.1 cm³/mol. The Kier molecular flexibility index (Phi) is 4.02. The maximum Gasteiger partial charge on any atom is 0.255 e. The molecule has 0 aliphatic carbocycles. The molecule has 2 aromatic rings. The summed E-state index contributed by atoms with van der Waals surface area (Å²) in [4.78, 5) is 27.0. The van der Waals surface area contributed by atoms with Crippen LogP contribution in [0.3, 0.4) is 0 Å². The number of hydrogen-bond acceptors (Lipinski definition) is 5. The molecule has 7 heteroatoms. The lowest BCUT2D eigenvalue weighted by molar-refractivity contribution is 0.241. The van der Waals surface area contributed by atoms with Gasteiger partial charge in [0.15, 0.2) is 5.82 Å². The first kappa shape index (κ1) is 15.3. The van der Waals surface area contributed by atoms with E-state index in [1.54, 1.807) is 4.68 Å². The third-order valence-corrected chi connectivity index (χ3v) is 4.71. The third-order valence-electron chi connectivity index (χ3n) is 4.71. The van der Waals surface area contributed by atoms with Gasteiger partial charge >= 0.3 is 0 Å². The van der Waals surface area contributed by atoms with E-state index in [-0.39, 0.29) is 5.56 Å². The van der Waals surface area contributed by atoms with Gasteiger partial charge in [0.25, 0.3) is 5.56 Å². The summed E-state index contributed by atoms with van der Waals surface area (Å²) in [6.07, 6.45) is 7.86. The van der Waals surface area contributed by atoms with Gasteiger partial charge in [-0.05, 0) is 19.3 Å². The molecule has 7 nitrogen and oxygen atoms in total. The highest BCUT2D eigenvalue weighted by atomic mass is 16.1. The second kappa shape index (κ2) is 6.32. The monoisotopic (exact) mass is 326 g/mol. The van der Waals surface area contributed by atoms with Crippen LogP contribution in [0.25, 0.3) is 0 Å². The van der Waals surface area contributed by atoms with E-state index < -0.39 is 0 Å². The summed E-state index contributed by atoms with van der Waals surface area (Å²) in [5.41, 5.74) is 3.84. The Labute approximate surface area is 140 Å². The quantitative estimate of drug-likeness (QED) is 0.914. The molecule has 0 saturated heterocycles. The first-order valence-corrected chi connectivity index (χ1v) is 8.55. The van der Waals surface area contributed by atoms with Gasteiger partial charge in [-0.3, -0.25) is 19.4 Å². The lowest BCUT2D eigenvalue weighted by Gasteiger charge is -2.27. The summed E-state index contributed by atoms with van der Waals surface area (Å²) < 4.78 is 1.80. The fraction of sp³-hybridized carbons (Fsp3) is 0.529. The van der Waals surface area contributed by atoms with Crippen molar-refractivity contribution in [2.24, 2.45) is 12.0 Å². The summed E-state index contributed by atoms with van der Waals surface area (Å²) in [5, 5.41) is 4.20. The summed E-state index contributed by atoms with van der Waals surface area (Å²) in [5.74, 6) is 0.680. The molecule has 2 aliphatic rings. The number of aromatic amines is 1. The Morgan fingerprint density at radius 1 is 1.29 bits per heavy atom. The average molecular weight is 326 g/mol. The maximum atomic E-state index is 12.5. The molecule has 2 aliphatic heterocycles. The minimum absolute atomic E-state index is 0.0147. The van der Waals surface area contributed by atoms with E-state index in [9.17, 15) is 4.79 Å². The average Bonchev–Trinajstić information content (AvgIpc) is 3.01. The van der Waals surface area contributed by atoms with E-state index in [4.69, 9.17) is 4.98 Å². The standard InChI is InChI=1S/C17H22N6O/c1-22-9-12(8-19-22)10-23-7-5-14-13(11-23)17(24)21-16(20-14)15-4-2-3-6-18-15/h8-9H,2-7,10-11H2,1H3,(H,20,21,24). The molecule has 0 aromatic carbocycles. The van der Waals surface area contributed by atoms with Crippen LogP contribution in [0.2, 0.25) is 0 Å². The fourth-order valence-corrected chi connectivity index (χ4v) is 3.45. The van der Waals surface area contributed by atoms with Gasteiger partial charge in [0.05, 0.1) is 23.2 Å². The molecule has 0 atom stereocenters. The van der Waals surface area contributed by atoms with Crippen molar-refractivity contribution in [2.75, 3.05) is 13.1 Å². The van der Waals surface area contributed by atoms with Crippen molar-refractivity contribution >= 4 is 5.71 Å². The number of hydrogen-bond donors (Lipinski definition) is 1. The van der Waals surface area contributed by atoms with Crippen LogP contribution in [-0.2, 0) is 26.6 Å². The molecule has 0 amide bonds. The molecular weight excluding hydrogens is 304 g/mol. The number of nitrogens with one attached hydrogen (secondary N) is 1. The molecule has 0 spiro atoms. The Morgan fingerprint density at radius 2 is 2.21 bits per heavy atom. The van der Waals surface area contributed by atoms with Crippen molar-refractivity contribution < 1.29 is 0 Å². The fourth-order valence-electron chi connectivity index (χ4n) is 3.45. The SMILES string of the molecule is Cn1cc(CN2CCc3nc(C4=NCCCC4)[nH]c(=O)c3C2)cn1. The van der Waals surface area contributed by atoms with Crippen LogP contribution < -0.4 is 5.56 Å². The zero-order valence-corrected chi connectivity index (χ0v) is 14.0. The number of aryl methyl sites for hydroxylation is 1. The van der Waals surface area contributed by atoms with Crippen molar-refractivity contribution in [1.82, 2.24) is 24.6 Å². The van der Waals surface area contributed by atoms with E-state index >= 15 is 0 Å². The first-order chi connectivity index (χ1) is 11.7. The van der Waals surface area contributed by atoms with Gasteiger partial charge in [-0.15, -0.1) is 0 Å². The zero-order valence-electron chi connectivity index (χ0n) is 14.0. The van der Waals surface area contributed by atoms with Gasteiger partial charge in [-0.25, -0.2) is 4.98 Å². The highest BCUT2D eigenvalue weighted by molar-refractivity contribution is 5.97. The Bertz CT molecular complexity index is 834. The largest absolute Gasteiger partial charge is 0.305 e. The topological polar surface area (TPSA) is 79.2 Å².